The lowest BCUT2D eigenvalue weighted by Gasteiger charge is -2.30. The Balaban J connectivity index is 1.52. The molecule has 2 N–H and O–H groups in total. The van der Waals surface area contributed by atoms with Gasteiger partial charge < -0.3 is 5.73 Å². The molecule has 5 heteroatoms. The Hall–Kier alpha value is -0.940. The van der Waals surface area contributed by atoms with Crippen molar-refractivity contribution in [3.05, 3.63) is 18.0 Å². The van der Waals surface area contributed by atoms with Crippen LogP contribution in [0, 0.1) is 5.92 Å². The Bertz CT molecular complexity index is 456. The van der Waals surface area contributed by atoms with Crippen LogP contribution in [-0.4, -0.2) is 32.8 Å². The maximum Gasteiger partial charge on any atom is 0.0764 e. The Morgan fingerprint density at radius 1 is 1.25 bits per heavy atom. The average Bonchev–Trinajstić information content (AvgIpc) is 3.09. The van der Waals surface area contributed by atoms with Crippen molar-refractivity contribution in [3.8, 4) is 0 Å². The molecule has 3 rings (SSSR count). The standard InChI is InChI=1S/C15H24N4S/c16-15(20)12-5-8-18(9-6-12)11-13-7-10-19(17-13)14-3-1-2-4-14/h7,10,12,14H,1-6,8-9,11H2,(H2,16,20). The van der Waals surface area contributed by atoms with Gasteiger partial charge in [-0.3, -0.25) is 9.58 Å². The van der Waals surface area contributed by atoms with E-state index >= 15 is 0 Å². The highest BCUT2D eigenvalue weighted by molar-refractivity contribution is 7.80. The van der Waals surface area contributed by atoms with Gasteiger partial charge in [-0.1, -0.05) is 25.1 Å². The van der Waals surface area contributed by atoms with E-state index in [1.165, 1.54) is 31.4 Å². The molecule has 0 radical (unpaired) electrons. The van der Waals surface area contributed by atoms with Gasteiger partial charge in [-0.15, -0.1) is 0 Å². The third-order valence-corrected chi connectivity index (χ3v) is 5.07. The molecule has 0 amide bonds. The van der Waals surface area contributed by atoms with E-state index in [2.05, 4.69) is 21.8 Å². The summed E-state index contributed by atoms with van der Waals surface area (Å²) in [6.45, 7) is 3.13. The van der Waals surface area contributed by atoms with E-state index in [-0.39, 0.29) is 0 Å². The fraction of sp³-hybridized carbons (Fsp3) is 0.733. The number of nitrogens with zero attached hydrogens (tertiary/aromatic N) is 3. The van der Waals surface area contributed by atoms with E-state index in [0.29, 0.717) is 16.9 Å². The molecule has 2 fully saturated rings. The van der Waals surface area contributed by atoms with Crippen molar-refractivity contribution in [2.75, 3.05) is 13.1 Å². The Morgan fingerprint density at radius 3 is 2.60 bits per heavy atom. The van der Waals surface area contributed by atoms with Crippen LogP contribution in [-0.2, 0) is 6.54 Å². The maximum absolute atomic E-state index is 5.74. The van der Waals surface area contributed by atoms with Crippen molar-refractivity contribution in [3.63, 3.8) is 0 Å². The Labute approximate surface area is 126 Å². The number of hydrogen-bond acceptors (Lipinski definition) is 3. The zero-order chi connectivity index (χ0) is 13.9. The van der Waals surface area contributed by atoms with Crippen molar-refractivity contribution < 1.29 is 0 Å². The van der Waals surface area contributed by atoms with Crippen LogP contribution in [0.2, 0.25) is 0 Å². The van der Waals surface area contributed by atoms with Crippen LogP contribution in [0.5, 0.6) is 0 Å². The van der Waals surface area contributed by atoms with E-state index in [1.807, 2.05) is 0 Å². The first-order valence-electron chi connectivity index (χ1n) is 7.78. The minimum Gasteiger partial charge on any atom is -0.393 e. The van der Waals surface area contributed by atoms with Crippen molar-refractivity contribution in [2.24, 2.45) is 11.7 Å². The predicted octanol–water partition coefficient (Wildman–Crippen LogP) is 2.50. The van der Waals surface area contributed by atoms with Crippen LogP contribution in [0.15, 0.2) is 12.3 Å². The number of aromatic nitrogens is 2. The van der Waals surface area contributed by atoms with Crippen LogP contribution in [0.3, 0.4) is 0 Å². The van der Waals surface area contributed by atoms with Gasteiger partial charge in [-0.2, -0.15) is 5.10 Å². The SMILES string of the molecule is NC(=S)C1CCN(Cc2ccn(C3CCCC3)n2)CC1. The second-order valence-electron chi connectivity index (χ2n) is 6.18. The lowest BCUT2D eigenvalue weighted by Crippen LogP contribution is -2.37. The lowest BCUT2D eigenvalue weighted by atomic mass is 9.97. The van der Waals surface area contributed by atoms with Gasteiger partial charge in [0.25, 0.3) is 0 Å². The minimum atomic E-state index is 0.442. The summed E-state index contributed by atoms with van der Waals surface area (Å²) in [5.74, 6) is 0.442. The van der Waals surface area contributed by atoms with Crippen LogP contribution in [0.25, 0.3) is 0 Å². The summed E-state index contributed by atoms with van der Waals surface area (Å²) in [6, 6.07) is 2.82. The Kier molecular flexibility index (Phi) is 4.36. The van der Waals surface area contributed by atoms with Crippen molar-refractivity contribution in [1.82, 2.24) is 14.7 Å². The van der Waals surface area contributed by atoms with E-state index in [4.69, 9.17) is 23.1 Å². The molecule has 2 heterocycles. The molecule has 1 aliphatic heterocycles. The zero-order valence-corrected chi connectivity index (χ0v) is 12.8. The van der Waals surface area contributed by atoms with Gasteiger partial charge in [-0.05, 0) is 44.8 Å². The van der Waals surface area contributed by atoms with Gasteiger partial charge in [0.15, 0.2) is 0 Å². The summed E-state index contributed by atoms with van der Waals surface area (Å²) in [4.78, 5) is 3.16. The minimum absolute atomic E-state index is 0.442. The highest BCUT2D eigenvalue weighted by atomic mass is 32.1. The van der Waals surface area contributed by atoms with E-state index in [1.54, 1.807) is 0 Å². The second-order valence-corrected chi connectivity index (χ2v) is 6.65. The van der Waals surface area contributed by atoms with Gasteiger partial charge in [0, 0.05) is 18.7 Å². The quantitative estimate of drug-likeness (QED) is 0.866. The molecule has 0 unspecified atom stereocenters. The molecule has 0 spiro atoms. The first-order chi connectivity index (χ1) is 9.72. The monoisotopic (exact) mass is 292 g/mol. The molecule has 20 heavy (non-hydrogen) atoms. The van der Waals surface area contributed by atoms with Crippen LogP contribution >= 0.6 is 12.2 Å². The summed E-state index contributed by atoms with van der Waals surface area (Å²) < 4.78 is 2.18. The summed E-state index contributed by atoms with van der Waals surface area (Å²) in [5, 5.41) is 4.77. The van der Waals surface area contributed by atoms with Gasteiger partial charge >= 0.3 is 0 Å². The third kappa shape index (κ3) is 3.20. The number of piperidine rings is 1. The molecule has 1 saturated carbocycles. The van der Waals surface area contributed by atoms with Gasteiger partial charge in [0.05, 0.1) is 16.7 Å². The number of nitrogens with two attached hydrogens (primary N) is 1. The van der Waals surface area contributed by atoms with Crippen LogP contribution in [0.4, 0.5) is 0 Å². The Morgan fingerprint density at radius 2 is 1.95 bits per heavy atom. The number of hydrogen-bond donors (Lipinski definition) is 1. The fourth-order valence-electron chi connectivity index (χ4n) is 3.44. The average molecular weight is 292 g/mol. The molecule has 4 nitrogen and oxygen atoms in total. The van der Waals surface area contributed by atoms with Gasteiger partial charge in [0.2, 0.25) is 0 Å². The number of likely N-dealkylation sites (tertiary alicyclic amines) is 1. The molecular weight excluding hydrogens is 268 g/mol. The van der Waals surface area contributed by atoms with Gasteiger partial charge in [-0.25, -0.2) is 0 Å². The molecule has 1 aromatic rings. The molecule has 110 valence electrons. The molecular formula is C15H24N4S. The fourth-order valence-corrected chi connectivity index (χ4v) is 3.67. The molecule has 1 aromatic heterocycles. The zero-order valence-electron chi connectivity index (χ0n) is 12.0. The first-order valence-corrected chi connectivity index (χ1v) is 8.19. The van der Waals surface area contributed by atoms with Crippen molar-refractivity contribution >= 4 is 17.2 Å². The van der Waals surface area contributed by atoms with Crippen LogP contribution < -0.4 is 5.73 Å². The lowest BCUT2D eigenvalue weighted by molar-refractivity contribution is 0.199. The molecule has 2 aliphatic rings. The summed E-state index contributed by atoms with van der Waals surface area (Å²) in [5.41, 5.74) is 6.94. The predicted molar refractivity (Wildman–Crippen MR) is 84.5 cm³/mol. The largest absolute Gasteiger partial charge is 0.393 e. The highest BCUT2D eigenvalue weighted by Crippen LogP contribution is 2.29. The van der Waals surface area contributed by atoms with Gasteiger partial charge in [0.1, 0.15) is 0 Å². The summed E-state index contributed by atoms with van der Waals surface area (Å²) >= 11 is 5.09. The third-order valence-electron chi connectivity index (χ3n) is 4.74. The topological polar surface area (TPSA) is 47.1 Å². The highest BCUT2D eigenvalue weighted by Gasteiger charge is 2.22. The molecule has 0 aromatic carbocycles. The molecule has 0 atom stereocenters. The smallest absolute Gasteiger partial charge is 0.0764 e. The van der Waals surface area contributed by atoms with E-state index < -0.39 is 0 Å². The summed E-state index contributed by atoms with van der Waals surface area (Å²) in [6.07, 6.45) is 9.64. The summed E-state index contributed by atoms with van der Waals surface area (Å²) in [7, 11) is 0. The van der Waals surface area contributed by atoms with Crippen molar-refractivity contribution in [1.29, 1.82) is 0 Å². The molecule has 1 saturated heterocycles. The van der Waals surface area contributed by atoms with E-state index in [0.717, 1.165) is 32.5 Å². The van der Waals surface area contributed by atoms with Crippen LogP contribution in [0.1, 0.15) is 50.3 Å². The molecule has 0 bridgehead atoms. The first kappa shape index (κ1) is 14.0. The molecule has 1 aliphatic carbocycles. The number of thiocarbonyl (C=S) groups is 1. The maximum atomic E-state index is 5.74. The second kappa shape index (κ2) is 6.22. The van der Waals surface area contributed by atoms with Crippen molar-refractivity contribution in [2.45, 2.75) is 51.1 Å². The van der Waals surface area contributed by atoms with E-state index in [9.17, 15) is 0 Å². The normalized spacial score (nSPS) is 22.4. The number of rotatable bonds is 4.